The Morgan fingerprint density at radius 3 is 2.44 bits per heavy atom. The van der Waals surface area contributed by atoms with Gasteiger partial charge in [-0.15, -0.1) is 0 Å². The highest BCUT2D eigenvalue weighted by atomic mass is 14.2. The fraction of sp³-hybridized carbons (Fsp3) is 0.111. The van der Waals surface area contributed by atoms with Crippen LogP contribution in [0.5, 0.6) is 0 Å². The lowest BCUT2D eigenvalue weighted by Gasteiger charge is -1.67. The van der Waals surface area contributed by atoms with Crippen LogP contribution < -0.4 is 0 Å². The molecule has 0 heteroatoms. The fourth-order valence-electron chi connectivity index (χ4n) is 1.18. The largest absolute Gasteiger partial charge is 0.0870 e. The molecular formula is C9H8. The maximum absolute atomic E-state index is 2.16. The molecule has 0 fully saturated rings. The number of allylic oxidation sites excluding steroid dienone is 1. The highest BCUT2D eigenvalue weighted by Crippen LogP contribution is 2.43. The van der Waals surface area contributed by atoms with Crippen molar-refractivity contribution >= 4 is 6.08 Å². The standard InChI is InChI=1S/C9H8/c1-2-4-7-8-5-3-6-9(7)8/h2-6H,1H3/b4-2+. The van der Waals surface area contributed by atoms with Crippen molar-refractivity contribution < 1.29 is 0 Å². The summed E-state index contributed by atoms with van der Waals surface area (Å²) in [6.07, 6.45) is 4.24. The van der Waals surface area contributed by atoms with Crippen molar-refractivity contribution in [2.45, 2.75) is 6.92 Å². The Morgan fingerprint density at radius 2 is 1.89 bits per heavy atom. The summed E-state index contributed by atoms with van der Waals surface area (Å²) < 4.78 is 0. The molecule has 0 radical (unpaired) electrons. The lowest BCUT2D eigenvalue weighted by molar-refractivity contribution is 1.79. The van der Waals surface area contributed by atoms with Crippen LogP contribution >= 0.6 is 0 Å². The van der Waals surface area contributed by atoms with Gasteiger partial charge in [0.1, 0.15) is 0 Å². The van der Waals surface area contributed by atoms with Crippen LogP contribution in [0, 0.1) is 0 Å². The molecule has 2 aliphatic rings. The first kappa shape index (κ1) is 4.80. The third-order valence-corrected chi connectivity index (χ3v) is 1.67. The molecule has 0 unspecified atom stereocenters. The summed E-state index contributed by atoms with van der Waals surface area (Å²) >= 11 is 0. The molecule has 0 heterocycles. The molecule has 9 heavy (non-hydrogen) atoms. The summed E-state index contributed by atoms with van der Waals surface area (Å²) in [6.45, 7) is 2.05. The van der Waals surface area contributed by atoms with E-state index in [1.54, 1.807) is 0 Å². The Morgan fingerprint density at radius 1 is 1.22 bits per heavy atom. The lowest BCUT2D eigenvalue weighted by Crippen LogP contribution is -1.44. The number of hydrogen-bond acceptors (Lipinski definition) is 0. The minimum absolute atomic E-state index is 1.43. The summed E-state index contributed by atoms with van der Waals surface area (Å²) in [5, 5.41) is 0. The number of rotatable bonds is 1. The van der Waals surface area contributed by atoms with Crippen molar-refractivity contribution in [1.29, 1.82) is 0 Å². The average molecular weight is 116 g/mol. The summed E-state index contributed by atoms with van der Waals surface area (Å²) in [5.41, 5.74) is 4.31. The smallest absolute Gasteiger partial charge is 0.00991 e. The zero-order chi connectivity index (χ0) is 6.27. The molecule has 0 aromatic carbocycles. The van der Waals surface area contributed by atoms with Crippen molar-refractivity contribution in [3.05, 3.63) is 29.8 Å². The SMILES string of the molecule is C/C=C/c1c2cccc1-2. The summed E-state index contributed by atoms with van der Waals surface area (Å²) in [7, 11) is 0. The second-order valence-electron chi connectivity index (χ2n) is 2.27. The Labute approximate surface area is 54.8 Å². The maximum Gasteiger partial charge on any atom is -0.00991 e. The highest BCUT2D eigenvalue weighted by molar-refractivity contribution is 5.98. The van der Waals surface area contributed by atoms with E-state index in [0.29, 0.717) is 0 Å². The predicted molar refractivity (Wildman–Crippen MR) is 40.1 cm³/mol. The first-order chi connectivity index (χ1) is 4.43. The van der Waals surface area contributed by atoms with Crippen molar-refractivity contribution in [1.82, 2.24) is 0 Å². The third kappa shape index (κ3) is 0.531. The number of fused-ring (bicyclic) bond motifs is 1. The molecule has 2 aliphatic carbocycles. The van der Waals surface area contributed by atoms with Gasteiger partial charge in [0.05, 0.1) is 0 Å². The van der Waals surface area contributed by atoms with E-state index in [2.05, 4.69) is 30.4 Å². The second kappa shape index (κ2) is 1.47. The van der Waals surface area contributed by atoms with Gasteiger partial charge in [-0.3, -0.25) is 0 Å². The average Bonchev–Trinajstić information content (AvgIpc) is 2.39. The lowest BCUT2D eigenvalue weighted by atomic mass is 10.4. The van der Waals surface area contributed by atoms with Crippen LogP contribution in [0.15, 0.2) is 24.3 Å². The fourth-order valence-corrected chi connectivity index (χ4v) is 1.18. The van der Waals surface area contributed by atoms with E-state index in [1.807, 2.05) is 6.92 Å². The zero-order valence-corrected chi connectivity index (χ0v) is 5.39. The Kier molecular flexibility index (Phi) is 0.786. The van der Waals surface area contributed by atoms with Gasteiger partial charge < -0.3 is 0 Å². The predicted octanol–water partition coefficient (Wildman–Crippen LogP) is 2.70. The van der Waals surface area contributed by atoms with Gasteiger partial charge >= 0.3 is 0 Å². The molecule has 0 bridgehead atoms. The van der Waals surface area contributed by atoms with E-state index in [9.17, 15) is 0 Å². The quantitative estimate of drug-likeness (QED) is 0.537. The normalized spacial score (nSPS) is 12.6. The molecule has 0 saturated carbocycles. The molecule has 44 valence electrons. The molecular weight excluding hydrogens is 108 g/mol. The van der Waals surface area contributed by atoms with Gasteiger partial charge in [-0.2, -0.15) is 0 Å². The first-order valence-electron chi connectivity index (χ1n) is 3.19. The van der Waals surface area contributed by atoms with Gasteiger partial charge in [-0.25, -0.2) is 0 Å². The van der Waals surface area contributed by atoms with Crippen molar-refractivity contribution in [2.75, 3.05) is 0 Å². The number of benzene rings is 1. The van der Waals surface area contributed by atoms with Crippen LogP contribution in [-0.4, -0.2) is 0 Å². The van der Waals surface area contributed by atoms with Gasteiger partial charge in [0.15, 0.2) is 0 Å². The van der Waals surface area contributed by atoms with Crippen LogP contribution in [0.3, 0.4) is 0 Å². The monoisotopic (exact) mass is 116 g/mol. The van der Waals surface area contributed by atoms with E-state index >= 15 is 0 Å². The summed E-state index contributed by atoms with van der Waals surface area (Å²) in [6, 6.07) is 6.41. The minimum atomic E-state index is 1.43. The van der Waals surface area contributed by atoms with E-state index < -0.39 is 0 Å². The maximum atomic E-state index is 2.16. The molecule has 0 atom stereocenters. The molecule has 2 rings (SSSR count). The molecule has 0 spiro atoms. The third-order valence-electron chi connectivity index (χ3n) is 1.67. The van der Waals surface area contributed by atoms with Crippen LogP contribution in [0.25, 0.3) is 17.2 Å². The van der Waals surface area contributed by atoms with Crippen LogP contribution in [0.2, 0.25) is 0 Å². The minimum Gasteiger partial charge on any atom is -0.0870 e. The molecule has 0 N–H and O–H groups in total. The van der Waals surface area contributed by atoms with Crippen molar-refractivity contribution in [3.63, 3.8) is 0 Å². The van der Waals surface area contributed by atoms with Crippen LogP contribution in [0.4, 0.5) is 0 Å². The summed E-state index contributed by atoms with van der Waals surface area (Å²) in [4.78, 5) is 0. The van der Waals surface area contributed by atoms with Gasteiger partial charge in [-0.05, 0) is 23.6 Å². The van der Waals surface area contributed by atoms with Crippen LogP contribution in [0.1, 0.15) is 12.5 Å². The molecule has 0 nitrogen and oxygen atoms in total. The molecule has 0 aliphatic heterocycles. The zero-order valence-electron chi connectivity index (χ0n) is 5.39. The molecule has 0 aromatic rings. The second-order valence-corrected chi connectivity index (χ2v) is 2.27. The molecule has 0 amide bonds. The van der Waals surface area contributed by atoms with Crippen molar-refractivity contribution in [2.24, 2.45) is 0 Å². The van der Waals surface area contributed by atoms with Gasteiger partial charge in [0, 0.05) is 0 Å². The Hall–Kier alpha value is -1.04. The Balaban J connectivity index is 2.42. The van der Waals surface area contributed by atoms with E-state index in [1.165, 1.54) is 16.7 Å². The van der Waals surface area contributed by atoms with E-state index in [0.717, 1.165) is 0 Å². The van der Waals surface area contributed by atoms with E-state index in [4.69, 9.17) is 0 Å². The van der Waals surface area contributed by atoms with E-state index in [-0.39, 0.29) is 0 Å². The van der Waals surface area contributed by atoms with Crippen molar-refractivity contribution in [3.8, 4) is 11.1 Å². The number of hydrogen-bond donors (Lipinski definition) is 0. The van der Waals surface area contributed by atoms with Gasteiger partial charge in [0.25, 0.3) is 0 Å². The first-order valence-corrected chi connectivity index (χ1v) is 3.19. The highest BCUT2D eigenvalue weighted by Gasteiger charge is 2.19. The van der Waals surface area contributed by atoms with Gasteiger partial charge in [-0.1, -0.05) is 30.4 Å². The van der Waals surface area contributed by atoms with Crippen LogP contribution in [-0.2, 0) is 0 Å². The summed E-state index contributed by atoms with van der Waals surface area (Å²) in [5.74, 6) is 0. The molecule has 0 aromatic heterocycles. The topological polar surface area (TPSA) is 0 Å². The molecule has 0 saturated heterocycles. The van der Waals surface area contributed by atoms with Gasteiger partial charge in [0.2, 0.25) is 0 Å². The Bertz CT molecular complexity index is 249.